The zero-order valence-electron chi connectivity index (χ0n) is 12.2. The van der Waals surface area contributed by atoms with Crippen LogP contribution in [0.5, 0.6) is 11.5 Å². The second-order valence-electron chi connectivity index (χ2n) is 5.70. The number of piperidine rings is 1. The van der Waals surface area contributed by atoms with E-state index in [9.17, 15) is 4.79 Å². The summed E-state index contributed by atoms with van der Waals surface area (Å²) in [6, 6.07) is 6.10. The Labute approximate surface area is 127 Å². The Bertz CT molecular complexity index is 724. The normalized spacial score (nSPS) is 21.2. The fraction of sp³-hybridized carbons (Fsp3) is 0.467. The van der Waals surface area contributed by atoms with Gasteiger partial charge in [-0.25, -0.2) is 9.89 Å². The zero-order chi connectivity index (χ0) is 14.9. The summed E-state index contributed by atoms with van der Waals surface area (Å²) in [7, 11) is 0. The van der Waals surface area contributed by atoms with Crippen LogP contribution in [-0.2, 0) is 6.54 Å². The van der Waals surface area contributed by atoms with Gasteiger partial charge in [-0.05, 0) is 25.5 Å². The number of fused-ring (bicyclic) bond motifs is 1. The molecule has 2 aliphatic heterocycles. The van der Waals surface area contributed by atoms with E-state index >= 15 is 0 Å². The Kier molecular flexibility index (Phi) is 3.34. The number of likely N-dealkylation sites (tertiary alicyclic amines) is 1. The van der Waals surface area contributed by atoms with Crippen LogP contribution in [-0.4, -0.2) is 33.4 Å². The van der Waals surface area contributed by atoms with Crippen molar-refractivity contribution in [1.29, 1.82) is 0 Å². The van der Waals surface area contributed by atoms with Crippen molar-refractivity contribution in [2.45, 2.75) is 31.8 Å². The molecule has 1 unspecified atom stereocenters. The van der Waals surface area contributed by atoms with Crippen molar-refractivity contribution < 1.29 is 9.47 Å². The minimum absolute atomic E-state index is 0.130. The number of para-hydroxylation sites is 1. The van der Waals surface area contributed by atoms with Crippen LogP contribution in [0.25, 0.3) is 0 Å². The predicted molar refractivity (Wildman–Crippen MR) is 78.8 cm³/mol. The lowest BCUT2D eigenvalue weighted by atomic mass is 10.0. The van der Waals surface area contributed by atoms with Gasteiger partial charge in [0.05, 0.1) is 6.04 Å². The molecule has 7 heteroatoms. The summed E-state index contributed by atoms with van der Waals surface area (Å²) in [6.07, 6.45) is 3.28. The number of nitrogens with zero attached hydrogens (tertiary/aromatic N) is 2. The van der Waals surface area contributed by atoms with Gasteiger partial charge in [0.1, 0.15) is 5.82 Å². The maximum atomic E-state index is 11.3. The molecule has 0 saturated carbocycles. The number of aromatic amines is 2. The van der Waals surface area contributed by atoms with E-state index in [0.717, 1.165) is 55.2 Å². The number of benzene rings is 1. The van der Waals surface area contributed by atoms with E-state index in [2.05, 4.69) is 26.1 Å². The fourth-order valence-corrected chi connectivity index (χ4v) is 3.26. The van der Waals surface area contributed by atoms with E-state index < -0.39 is 0 Å². The lowest BCUT2D eigenvalue weighted by Crippen LogP contribution is -2.33. The minimum Gasteiger partial charge on any atom is -0.454 e. The molecule has 7 nitrogen and oxygen atoms in total. The molecule has 1 saturated heterocycles. The van der Waals surface area contributed by atoms with Crippen LogP contribution in [0.2, 0.25) is 0 Å². The van der Waals surface area contributed by atoms with E-state index in [1.165, 1.54) is 0 Å². The van der Waals surface area contributed by atoms with Crippen LogP contribution in [0.15, 0.2) is 23.0 Å². The predicted octanol–water partition coefficient (Wildman–Crippen LogP) is 1.55. The van der Waals surface area contributed by atoms with Gasteiger partial charge < -0.3 is 9.47 Å². The first-order chi connectivity index (χ1) is 10.8. The highest BCUT2D eigenvalue weighted by molar-refractivity contribution is 5.48. The maximum Gasteiger partial charge on any atom is 0.340 e. The Morgan fingerprint density at radius 2 is 2.27 bits per heavy atom. The number of H-pyrrole nitrogens is 2. The molecule has 4 rings (SSSR count). The van der Waals surface area contributed by atoms with Gasteiger partial charge in [0.15, 0.2) is 11.5 Å². The average molecular weight is 302 g/mol. The molecule has 2 N–H and O–H groups in total. The quantitative estimate of drug-likeness (QED) is 0.899. The van der Waals surface area contributed by atoms with Gasteiger partial charge in [-0.3, -0.25) is 9.88 Å². The van der Waals surface area contributed by atoms with E-state index in [1.54, 1.807) is 0 Å². The molecule has 116 valence electrons. The monoisotopic (exact) mass is 302 g/mol. The molecule has 22 heavy (non-hydrogen) atoms. The van der Waals surface area contributed by atoms with Gasteiger partial charge in [0, 0.05) is 12.1 Å². The second-order valence-corrected chi connectivity index (χ2v) is 5.70. The third kappa shape index (κ3) is 2.37. The number of aromatic nitrogens is 3. The largest absolute Gasteiger partial charge is 0.454 e. The molecule has 2 aliphatic rings. The summed E-state index contributed by atoms with van der Waals surface area (Å²) in [4.78, 5) is 16.5. The SMILES string of the molecule is O=c1[nH]nc(C2CCCCN2Cc2cccc3c2OCO3)[nH]1. The van der Waals surface area contributed by atoms with Crippen molar-refractivity contribution in [2.24, 2.45) is 0 Å². The van der Waals surface area contributed by atoms with Crippen molar-refractivity contribution in [3.63, 3.8) is 0 Å². The Hall–Kier alpha value is -2.28. The smallest absolute Gasteiger partial charge is 0.340 e. The summed E-state index contributed by atoms with van der Waals surface area (Å²) < 4.78 is 11.0. The summed E-state index contributed by atoms with van der Waals surface area (Å²) in [5, 5.41) is 6.57. The Morgan fingerprint density at radius 1 is 1.32 bits per heavy atom. The third-order valence-corrected chi connectivity index (χ3v) is 4.30. The van der Waals surface area contributed by atoms with Gasteiger partial charge in [0.2, 0.25) is 6.79 Å². The molecule has 0 spiro atoms. The molecule has 0 amide bonds. The van der Waals surface area contributed by atoms with Gasteiger partial charge >= 0.3 is 5.69 Å². The molecular formula is C15H18N4O3. The van der Waals surface area contributed by atoms with Crippen molar-refractivity contribution in [1.82, 2.24) is 20.1 Å². The highest BCUT2D eigenvalue weighted by Crippen LogP contribution is 2.38. The summed E-state index contributed by atoms with van der Waals surface area (Å²) >= 11 is 0. The van der Waals surface area contributed by atoms with Crippen LogP contribution in [0.4, 0.5) is 0 Å². The van der Waals surface area contributed by atoms with Gasteiger partial charge in [0.25, 0.3) is 0 Å². The highest BCUT2D eigenvalue weighted by atomic mass is 16.7. The molecule has 0 aliphatic carbocycles. The standard InChI is InChI=1S/C15H18N4O3/c20-15-16-14(17-18-15)11-5-1-2-7-19(11)8-10-4-3-6-12-13(10)22-9-21-12/h3-4,6,11H,1-2,5,7-9H2,(H2,16,17,18,20). The van der Waals surface area contributed by atoms with Gasteiger partial charge in [-0.1, -0.05) is 18.6 Å². The molecular weight excluding hydrogens is 284 g/mol. The molecule has 0 radical (unpaired) electrons. The topological polar surface area (TPSA) is 83.2 Å². The first-order valence-corrected chi connectivity index (χ1v) is 7.57. The van der Waals surface area contributed by atoms with Crippen molar-refractivity contribution in [2.75, 3.05) is 13.3 Å². The Balaban J connectivity index is 1.60. The van der Waals surface area contributed by atoms with Crippen molar-refractivity contribution in [3.05, 3.63) is 40.1 Å². The molecule has 1 aromatic heterocycles. The molecule has 3 heterocycles. The molecule has 1 aromatic carbocycles. The Morgan fingerprint density at radius 3 is 3.14 bits per heavy atom. The number of nitrogens with one attached hydrogen (secondary N) is 2. The van der Waals surface area contributed by atoms with Gasteiger partial charge in [-0.15, -0.1) is 0 Å². The summed E-state index contributed by atoms with van der Waals surface area (Å²) in [6.45, 7) is 2.01. The first-order valence-electron chi connectivity index (χ1n) is 7.57. The summed E-state index contributed by atoms with van der Waals surface area (Å²) in [5.74, 6) is 2.36. The first kappa shape index (κ1) is 13.4. The van der Waals surface area contributed by atoms with E-state index in [4.69, 9.17) is 9.47 Å². The average Bonchev–Trinajstić information content (AvgIpc) is 3.17. The zero-order valence-corrected chi connectivity index (χ0v) is 12.2. The minimum atomic E-state index is -0.252. The van der Waals surface area contributed by atoms with Crippen LogP contribution in [0.3, 0.4) is 0 Å². The maximum absolute atomic E-state index is 11.3. The summed E-state index contributed by atoms with van der Waals surface area (Å²) in [5.41, 5.74) is 0.859. The second kappa shape index (κ2) is 5.49. The highest BCUT2D eigenvalue weighted by Gasteiger charge is 2.28. The van der Waals surface area contributed by atoms with Crippen LogP contribution in [0.1, 0.15) is 36.7 Å². The number of ether oxygens (including phenoxy) is 2. The van der Waals surface area contributed by atoms with Crippen LogP contribution < -0.4 is 15.2 Å². The van der Waals surface area contributed by atoms with Crippen LogP contribution >= 0.6 is 0 Å². The molecule has 1 fully saturated rings. The molecule has 1 atom stereocenters. The lowest BCUT2D eigenvalue weighted by molar-refractivity contribution is 0.131. The fourth-order valence-electron chi connectivity index (χ4n) is 3.26. The van der Waals surface area contributed by atoms with Crippen LogP contribution in [0, 0.1) is 0 Å². The van der Waals surface area contributed by atoms with Crippen molar-refractivity contribution in [3.8, 4) is 11.5 Å². The van der Waals surface area contributed by atoms with Crippen molar-refractivity contribution >= 4 is 0 Å². The lowest BCUT2D eigenvalue weighted by Gasteiger charge is -2.34. The molecule has 2 aromatic rings. The van der Waals surface area contributed by atoms with E-state index in [0.29, 0.717) is 0 Å². The van der Waals surface area contributed by atoms with E-state index in [-0.39, 0.29) is 18.5 Å². The third-order valence-electron chi connectivity index (χ3n) is 4.30. The van der Waals surface area contributed by atoms with E-state index in [1.807, 2.05) is 12.1 Å². The number of hydrogen-bond acceptors (Lipinski definition) is 5. The van der Waals surface area contributed by atoms with Gasteiger partial charge in [-0.2, -0.15) is 5.10 Å². The molecule has 0 bridgehead atoms. The number of hydrogen-bond donors (Lipinski definition) is 2. The number of rotatable bonds is 3.